The summed E-state index contributed by atoms with van der Waals surface area (Å²) in [5, 5.41) is 22.8. The Hall–Kier alpha value is -1.31. The van der Waals surface area contributed by atoms with E-state index < -0.39 is 18.0 Å². The van der Waals surface area contributed by atoms with Gasteiger partial charge in [-0.25, -0.2) is 9.59 Å². The Balaban J connectivity index is 2.66. The lowest BCUT2D eigenvalue weighted by Gasteiger charge is -2.14. The largest absolute Gasteiger partial charge is 0.480 e. The molecule has 1 aromatic rings. The maximum Gasteiger partial charge on any atom is 0.326 e. The molecule has 0 saturated heterocycles. The predicted octanol–water partition coefficient (Wildman–Crippen LogP) is 2.06. The van der Waals surface area contributed by atoms with Crippen molar-refractivity contribution in [3.05, 3.63) is 27.7 Å². The number of nitrogens with one attached hydrogen (secondary N) is 2. The lowest BCUT2D eigenvalue weighted by molar-refractivity contribution is -0.139. The summed E-state index contributed by atoms with van der Waals surface area (Å²) in [6.07, 6.45) is -0.0649. The summed E-state index contributed by atoms with van der Waals surface area (Å²) in [6, 6.07) is 2.94. The average Bonchev–Trinajstić information content (AvgIpc) is 2.32. The van der Waals surface area contributed by atoms with Gasteiger partial charge in [-0.2, -0.15) is 0 Å². The van der Waals surface area contributed by atoms with Crippen LogP contribution in [0.5, 0.6) is 0 Å². The van der Waals surface area contributed by atoms with Crippen LogP contribution in [0.4, 0.5) is 10.5 Å². The number of aliphatic hydroxyl groups excluding tert-OH is 1. The maximum absolute atomic E-state index is 11.6. The maximum atomic E-state index is 11.6. The third-order valence-corrected chi connectivity index (χ3v) is 3.09. The zero-order valence-corrected chi connectivity index (χ0v) is 12.0. The summed E-state index contributed by atoms with van der Waals surface area (Å²) < 4.78 is 0.573. The molecule has 6 nitrogen and oxygen atoms in total. The molecule has 0 aromatic heterocycles. The highest BCUT2D eigenvalue weighted by Gasteiger charge is 2.19. The van der Waals surface area contributed by atoms with E-state index in [1.807, 2.05) is 0 Å². The number of aliphatic hydroxyl groups is 1. The highest BCUT2D eigenvalue weighted by Crippen LogP contribution is 2.25. The van der Waals surface area contributed by atoms with Crippen molar-refractivity contribution in [3.8, 4) is 0 Å². The van der Waals surface area contributed by atoms with Crippen LogP contribution in [0.1, 0.15) is 6.42 Å². The van der Waals surface area contributed by atoms with Crippen LogP contribution >= 0.6 is 27.5 Å². The van der Waals surface area contributed by atoms with Gasteiger partial charge in [-0.15, -0.1) is 0 Å². The van der Waals surface area contributed by atoms with Crippen LogP contribution < -0.4 is 10.6 Å². The van der Waals surface area contributed by atoms with Crippen molar-refractivity contribution in [3.63, 3.8) is 0 Å². The summed E-state index contributed by atoms with van der Waals surface area (Å²) in [7, 11) is 0. The standard InChI is InChI=1S/C11H12BrClN2O4/c12-7-5-6(13)1-2-8(7)14-11(19)15-9(3-4-16)10(17)18/h1-2,5,9,16H,3-4H2,(H,17,18)(H2,14,15,19). The summed E-state index contributed by atoms with van der Waals surface area (Å²) in [5.74, 6) is -1.21. The molecule has 0 bridgehead atoms. The first-order chi connectivity index (χ1) is 8.93. The number of halogens is 2. The molecular formula is C11H12BrClN2O4. The Morgan fingerprint density at radius 3 is 2.63 bits per heavy atom. The van der Waals surface area contributed by atoms with Crippen LogP contribution in [-0.2, 0) is 4.79 Å². The number of rotatable bonds is 5. The predicted molar refractivity (Wildman–Crippen MR) is 74.4 cm³/mol. The zero-order valence-electron chi connectivity index (χ0n) is 9.69. The Morgan fingerprint density at radius 1 is 1.42 bits per heavy atom. The van der Waals surface area contributed by atoms with E-state index in [1.54, 1.807) is 18.2 Å². The summed E-state index contributed by atoms with van der Waals surface area (Å²) in [6.45, 7) is -0.331. The molecular weight excluding hydrogens is 339 g/mol. The monoisotopic (exact) mass is 350 g/mol. The molecule has 0 aliphatic carbocycles. The second-order valence-corrected chi connectivity index (χ2v) is 4.92. The molecule has 0 aliphatic heterocycles. The molecule has 19 heavy (non-hydrogen) atoms. The number of urea groups is 1. The van der Waals surface area contributed by atoms with E-state index in [-0.39, 0.29) is 13.0 Å². The fourth-order valence-corrected chi connectivity index (χ4v) is 2.08. The second kappa shape index (κ2) is 7.32. The number of hydrogen-bond acceptors (Lipinski definition) is 3. The number of carboxylic acids is 1. The van der Waals surface area contributed by atoms with Gasteiger partial charge in [-0.3, -0.25) is 0 Å². The Morgan fingerprint density at radius 2 is 2.11 bits per heavy atom. The molecule has 0 aliphatic rings. The number of anilines is 1. The van der Waals surface area contributed by atoms with E-state index in [4.69, 9.17) is 21.8 Å². The molecule has 104 valence electrons. The van der Waals surface area contributed by atoms with Crippen molar-refractivity contribution < 1.29 is 19.8 Å². The molecule has 0 fully saturated rings. The van der Waals surface area contributed by atoms with E-state index >= 15 is 0 Å². The smallest absolute Gasteiger partial charge is 0.326 e. The quantitative estimate of drug-likeness (QED) is 0.652. The van der Waals surface area contributed by atoms with Crippen molar-refractivity contribution in [1.29, 1.82) is 0 Å². The van der Waals surface area contributed by atoms with Gasteiger partial charge in [-0.1, -0.05) is 11.6 Å². The number of hydrogen-bond donors (Lipinski definition) is 4. The molecule has 1 rings (SSSR count). The van der Waals surface area contributed by atoms with Crippen LogP contribution in [0.25, 0.3) is 0 Å². The summed E-state index contributed by atoms with van der Waals surface area (Å²) >= 11 is 8.98. The van der Waals surface area contributed by atoms with Crippen LogP contribution in [0.15, 0.2) is 22.7 Å². The van der Waals surface area contributed by atoms with E-state index in [1.165, 1.54) is 0 Å². The van der Waals surface area contributed by atoms with Gasteiger partial charge < -0.3 is 20.8 Å². The molecule has 0 saturated carbocycles. The SMILES string of the molecule is O=C(Nc1ccc(Cl)cc1Br)NC(CCO)C(=O)O. The van der Waals surface area contributed by atoms with Crippen LogP contribution in [0, 0.1) is 0 Å². The molecule has 0 radical (unpaired) electrons. The minimum atomic E-state index is -1.21. The van der Waals surface area contributed by atoms with Gasteiger partial charge in [0.1, 0.15) is 6.04 Å². The van der Waals surface area contributed by atoms with Crippen LogP contribution in [-0.4, -0.2) is 34.9 Å². The number of aliphatic carboxylic acids is 1. The molecule has 1 unspecified atom stereocenters. The number of amides is 2. The van der Waals surface area contributed by atoms with Gasteiger partial charge in [-0.05, 0) is 34.1 Å². The minimum absolute atomic E-state index is 0.0649. The van der Waals surface area contributed by atoms with E-state index in [9.17, 15) is 9.59 Å². The fraction of sp³-hybridized carbons (Fsp3) is 0.273. The zero-order chi connectivity index (χ0) is 14.4. The van der Waals surface area contributed by atoms with Gasteiger partial charge in [0.05, 0.1) is 5.69 Å². The van der Waals surface area contributed by atoms with Crippen LogP contribution in [0.2, 0.25) is 5.02 Å². The van der Waals surface area contributed by atoms with Gasteiger partial charge in [0, 0.05) is 22.5 Å². The van der Waals surface area contributed by atoms with Crippen molar-refractivity contribution >= 4 is 45.2 Å². The second-order valence-electron chi connectivity index (χ2n) is 3.63. The van der Waals surface area contributed by atoms with Crippen molar-refractivity contribution in [2.45, 2.75) is 12.5 Å². The average molecular weight is 352 g/mol. The number of benzene rings is 1. The lowest BCUT2D eigenvalue weighted by Crippen LogP contribution is -2.43. The third kappa shape index (κ3) is 5.06. The molecule has 1 aromatic carbocycles. The number of carbonyl (C=O) groups excluding carboxylic acids is 1. The molecule has 8 heteroatoms. The Labute approximate surface area is 122 Å². The summed E-state index contributed by atoms with van der Waals surface area (Å²) in [4.78, 5) is 22.4. The molecule has 0 heterocycles. The normalized spacial score (nSPS) is 11.7. The van der Waals surface area contributed by atoms with Crippen molar-refractivity contribution in [2.24, 2.45) is 0 Å². The molecule has 2 amide bonds. The van der Waals surface area contributed by atoms with Gasteiger partial charge in [0.15, 0.2) is 0 Å². The molecule has 1 atom stereocenters. The number of carboxylic acid groups (broad SMARTS) is 1. The third-order valence-electron chi connectivity index (χ3n) is 2.20. The Kier molecular flexibility index (Phi) is 6.07. The lowest BCUT2D eigenvalue weighted by atomic mass is 10.2. The highest BCUT2D eigenvalue weighted by molar-refractivity contribution is 9.10. The van der Waals surface area contributed by atoms with Crippen molar-refractivity contribution in [1.82, 2.24) is 5.32 Å². The fourth-order valence-electron chi connectivity index (χ4n) is 1.29. The first-order valence-electron chi connectivity index (χ1n) is 5.30. The number of carbonyl (C=O) groups is 2. The first kappa shape index (κ1) is 15.7. The summed E-state index contributed by atoms with van der Waals surface area (Å²) in [5.41, 5.74) is 0.454. The highest BCUT2D eigenvalue weighted by atomic mass is 79.9. The molecule has 0 spiro atoms. The van der Waals surface area contributed by atoms with E-state index in [0.29, 0.717) is 15.2 Å². The van der Waals surface area contributed by atoms with Crippen LogP contribution in [0.3, 0.4) is 0 Å². The van der Waals surface area contributed by atoms with Gasteiger partial charge in [0.2, 0.25) is 0 Å². The van der Waals surface area contributed by atoms with E-state index in [0.717, 1.165) is 0 Å². The topological polar surface area (TPSA) is 98.7 Å². The Bertz CT molecular complexity index is 484. The minimum Gasteiger partial charge on any atom is -0.480 e. The van der Waals surface area contributed by atoms with Gasteiger partial charge in [0.25, 0.3) is 0 Å². The van der Waals surface area contributed by atoms with E-state index in [2.05, 4.69) is 26.6 Å². The van der Waals surface area contributed by atoms with Crippen molar-refractivity contribution in [2.75, 3.05) is 11.9 Å². The first-order valence-corrected chi connectivity index (χ1v) is 6.47. The van der Waals surface area contributed by atoms with Gasteiger partial charge >= 0.3 is 12.0 Å². The molecule has 4 N–H and O–H groups in total.